The highest BCUT2D eigenvalue weighted by molar-refractivity contribution is 5.70. The molecular formula is C51H94O5. The van der Waals surface area contributed by atoms with E-state index in [1.165, 1.54) is 180 Å². The van der Waals surface area contributed by atoms with Crippen LogP contribution in [0.15, 0.2) is 36.5 Å². The van der Waals surface area contributed by atoms with Crippen molar-refractivity contribution in [2.24, 2.45) is 0 Å². The van der Waals surface area contributed by atoms with Crippen molar-refractivity contribution < 1.29 is 24.2 Å². The van der Waals surface area contributed by atoms with Gasteiger partial charge in [-0.05, 0) is 70.6 Å². The van der Waals surface area contributed by atoms with Crippen molar-refractivity contribution in [1.29, 1.82) is 0 Å². The Balaban J connectivity index is 3.48. The van der Waals surface area contributed by atoms with Crippen molar-refractivity contribution in [1.82, 2.24) is 0 Å². The third kappa shape index (κ3) is 44.8. The number of hydrogen-bond acceptors (Lipinski definition) is 5. The molecule has 0 bridgehead atoms. The SMILES string of the molecule is CCCCC/C=C\C/C=C\CCCCCCCCCC(=O)OC(CO)COC(=O)CCCCCCCCCCCCCCC/C=C\CCCCCCCCCC. The fourth-order valence-electron chi connectivity index (χ4n) is 7.17. The summed E-state index contributed by atoms with van der Waals surface area (Å²) in [5.41, 5.74) is 0. The maximum Gasteiger partial charge on any atom is 0.306 e. The maximum atomic E-state index is 12.2. The van der Waals surface area contributed by atoms with Crippen LogP contribution in [0.1, 0.15) is 258 Å². The molecule has 0 aromatic heterocycles. The Bertz CT molecular complexity index is 893. The molecule has 0 radical (unpaired) electrons. The predicted octanol–water partition coefficient (Wildman–Crippen LogP) is 16.0. The van der Waals surface area contributed by atoms with Gasteiger partial charge in [0.15, 0.2) is 6.10 Å². The zero-order chi connectivity index (χ0) is 40.7. The summed E-state index contributed by atoms with van der Waals surface area (Å²) in [6, 6.07) is 0. The van der Waals surface area contributed by atoms with Gasteiger partial charge >= 0.3 is 11.9 Å². The van der Waals surface area contributed by atoms with Crippen molar-refractivity contribution >= 4 is 11.9 Å². The second-order valence-electron chi connectivity index (χ2n) is 16.5. The summed E-state index contributed by atoms with van der Waals surface area (Å²) in [6.45, 7) is 4.13. The summed E-state index contributed by atoms with van der Waals surface area (Å²) in [7, 11) is 0. The summed E-state index contributed by atoms with van der Waals surface area (Å²) >= 11 is 0. The molecule has 0 heterocycles. The smallest absolute Gasteiger partial charge is 0.306 e. The molecule has 0 spiro atoms. The number of aliphatic hydroxyl groups is 1. The van der Waals surface area contributed by atoms with E-state index in [0.717, 1.165) is 51.4 Å². The van der Waals surface area contributed by atoms with E-state index < -0.39 is 6.10 Å². The van der Waals surface area contributed by atoms with Crippen LogP contribution in [0.4, 0.5) is 0 Å². The molecule has 0 rings (SSSR count). The average Bonchev–Trinajstić information content (AvgIpc) is 3.20. The molecule has 1 N–H and O–H groups in total. The molecule has 0 amide bonds. The van der Waals surface area contributed by atoms with Crippen LogP contribution in [0.3, 0.4) is 0 Å². The van der Waals surface area contributed by atoms with E-state index in [0.29, 0.717) is 12.8 Å². The second-order valence-corrected chi connectivity index (χ2v) is 16.5. The number of carbonyl (C=O) groups is 2. The van der Waals surface area contributed by atoms with Gasteiger partial charge in [0.25, 0.3) is 0 Å². The first-order valence-corrected chi connectivity index (χ1v) is 24.5. The first-order chi connectivity index (χ1) is 27.6. The summed E-state index contributed by atoms with van der Waals surface area (Å²) in [6.07, 6.45) is 59.5. The van der Waals surface area contributed by atoms with Crippen molar-refractivity contribution in [3.8, 4) is 0 Å². The van der Waals surface area contributed by atoms with E-state index in [2.05, 4.69) is 50.3 Å². The molecule has 0 aliphatic carbocycles. The van der Waals surface area contributed by atoms with Crippen molar-refractivity contribution in [3.63, 3.8) is 0 Å². The zero-order valence-electron chi connectivity index (χ0n) is 37.4. The van der Waals surface area contributed by atoms with Crippen LogP contribution in [-0.4, -0.2) is 36.4 Å². The van der Waals surface area contributed by atoms with Gasteiger partial charge < -0.3 is 14.6 Å². The van der Waals surface area contributed by atoms with Gasteiger partial charge in [-0.1, -0.05) is 211 Å². The molecule has 1 atom stereocenters. The highest BCUT2D eigenvalue weighted by Gasteiger charge is 2.16. The number of aliphatic hydroxyl groups excluding tert-OH is 1. The molecule has 5 heteroatoms. The number of rotatable bonds is 45. The topological polar surface area (TPSA) is 72.8 Å². The maximum absolute atomic E-state index is 12.2. The van der Waals surface area contributed by atoms with Crippen LogP contribution in [0.2, 0.25) is 0 Å². The van der Waals surface area contributed by atoms with Crippen molar-refractivity contribution in [2.45, 2.75) is 264 Å². The van der Waals surface area contributed by atoms with Gasteiger partial charge in [0.1, 0.15) is 6.61 Å². The van der Waals surface area contributed by atoms with Crippen LogP contribution in [-0.2, 0) is 19.1 Å². The minimum atomic E-state index is -0.774. The van der Waals surface area contributed by atoms with E-state index in [9.17, 15) is 14.7 Å². The molecule has 328 valence electrons. The number of allylic oxidation sites excluding steroid dienone is 6. The van der Waals surface area contributed by atoms with Gasteiger partial charge in [-0.3, -0.25) is 9.59 Å². The third-order valence-electron chi connectivity index (χ3n) is 10.9. The Morgan fingerprint density at radius 2 is 0.714 bits per heavy atom. The normalized spacial score (nSPS) is 12.4. The van der Waals surface area contributed by atoms with E-state index in [1.54, 1.807) is 0 Å². The summed E-state index contributed by atoms with van der Waals surface area (Å²) in [4.78, 5) is 24.4. The van der Waals surface area contributed by atoms with Gasteiger partial charge in [0.2, 0.25) is 0 Å². The number of unbranched alkanes of at least 4 members (excludes halogenated alkanes) is 31. The Hall–Kier alpha value is -1.88. The predicted molar refractivity (Wildman–Crippen MR) is 242 cm³/mol. The van der Waals surface area contributed by atoms with Gasteiger partial charge in [-0.2, -0.15) is 0 Å². The number of esters is 2. The van der Waals surface area contributed by atoms with Crippen LogP contribution in [0.5, 0.6) is 0 Å². The first kappa shape index (κ1) is 54.1. The number of carbonyl (C=O) groups excluding carboxylic acids is 2. The Labute approximate surface area is 348 Å². The largest absolute Gasteiger partial charge is 0.462 e. The highest BCUT2D eigenvalue weighted by Crippen LogP contribution is 2.15. The van der Waals surface area contributed by atoms with Crippen LogP contribution in [0.25, 0.3) is 0 Å². The van der Waals surface area contributed by atoms with Crippen molar-refractivity contribution in [2.75, 3.05) is 13.2 Å². The first-order valence-electron chi connectivity index (χ1n) is 24.5. The molecule has 0 saturated carbocycles. The molecule has 56 heavy (non-hydrogen) atoms. The highest BCUT2D eigenvalue weighted by atomic mass is 16.6. The van der Waals surface area contributed by atoms with E-state index in [1.807, 2.05) is 0 Å². The summed E-state index contributed by atoms with van der Waals surface area (Å²) in [5, 5.41) is 9.61. The molecule has 0 saturated heterocycles. The van der Waals surface area contributed by atoms with Crippen molar-refractivity contribution in [3.05, 3.63) is 36.5 Å². The zero-order valence-corrected chi connectivity index (χ0v) is 37.4. The molecule has 0 aromatic rings. The van der Waals surface area contributed by atoms with Crippen LogP contribution >= 0.6 is 0 Å². The van der Waals surface area contributed by atoms with Gasteiger partial charge in [-0.15, -0.1) is 0 Å². The molecule has 0 aliphatic rings. The van der Waals surface area contributed by atoms with Crippen LogP contribution in [0, 0.1) is 0 Å². The molecule has 5 nitrogen and oxygen atoms in total. The lowest BCUT2D eigenvalue weighted by atomic mass is 10.0. The fraction of sp³-hybridized carbons (Fsp3) is 0.843. The van der Waals surface area contributed by atoms with Gasteiger partial charge in [-0.25, -0.2) is 0 Å². The monoisotopic (exact) mass is 787 g/mol. The fourth-order valence-corrected chi connectivity index (χ4v) is 7.17. The lowest BCUT2D eigenvalue weighted by molar-refractivity contribution is -0.161. The third-order valence-corrected chi connectivity index (χ3v) is 10.9. The average molecular weight is 787 g/mol. The van der Waals surface area contributed by atoms with E-state index >= 15 is 0 Å². The van der Waals surface area contributed by atoms with Crippen LogP contribution < -0.4 is 0 Å². The Morgan fingerprint density at radius 3 is 1.11 bits per heavy atom. The number of ether oxygens (including phenoxy) is 2. The standard InChI is InChI=1S/C51H94O5/c1-3-5-7-9-11-13-15-17-19-21-22-23-24-25-26-27-28-30-31-33-35-37-39-41-43-45-50(53)55-48-49(47-52)56-51(54)46-44-42-40-38-36-34-32-29-20-18-16-14-12-10-8-6-4-2/h12,14,18,20-22,49,52H,3-11,13,15-17,19,23-48H2,1-2H3/b14-12-,20-18-,22-21-. The molecule has 0 aliphatic heterocycles. The minimum Gasteiger partial charge on any atom is -0.462 e. The molecule has 0 aromatic carbocycles. The summed E-state index contributed by atoms with van der Waals surface area (Å²) in [5.74, 6) is -0.591. The molecule has 1 unspecified atom stereocenters. The molecular weight excluding hydrogens is 693 g/mol. The second kappa shape index (κ2) is 47.5. The van der Waals surface area contributed by atoms with Gasteiger partial charge in [0, 0.05) is 12.8 Å². The lowest BCUT2D eigenvalue weighted by Gasteiger charge is -2.15. The van der Waals surface area contributed by atoms with Gasteiger partial charge in [0.05, 0.1) is 6.61 Å². The van der Waals surface area contributed by atoms with E-state index in [4.69, 9.17) is 9.47 Å². The molecule has 0 fully saturated rings. The minimum absolute atomic E-state index is 0.0667. The van der Waals surface area contributed by atoms with E-state index in [-0.39, 0.29) is 25.2 Å². The Morgan fingerprint density at radius 1 is 0.411 bits per heavy atom. The number of hydrogen-bond donors (Lipinski definition) is 1. The Kier molecular flexibility index (Phi) is 45.9. The lowest BCUT2D eigenvalue weighted by Crippen LogP contribution is -2.28. The quantitative estimate of drug-likeness (QED) is 0.0378. The summed E-state index contributed by atoms with van der Waals surface area (Å²) < 4.78 is 10.7.